The van der Waals surface area contributed by atoms with E-state index in [9.17, 15) is 13.9 Å². The lowest BCUT2D eigenvalue weighted by Gasteiger charge is -2.09. The molecular weight excluding hydrogens is 220 g/mol. The Kier molecular flexibility index (Phi) is 2.75. The molecule has 0 spiro atoms. The smallest absolute Gasteiger partial charge is 0.164 e. The molecule has 0 bridgehead atoms. The quantitative estimate of drug-likeness (QED) is 0.855. The predicted octanol–water partition coefficient (Wildman–Crippen LogP) is 2.50. The van der Waals surface area contributed by atoms with Gasteiger partial charge in [-0.15, -0.1) is 11.3 Å². The fraction of sp³-hybridized carbons (Fsp3) is 0.100. The Morgan fingerprint density at radius 3 is 2.80 bits per heavy atom. The van der Waals surface area contributed by atoms with Crippen molar-refractivity contribution in [2.75, 3.05) is 0 Å². The molecule has 2 aromatic rings. The summed E-state index contributed by atoms with van der Waals surface area (Å²) in [6.45, 7) is 0. The maximum Gasteiger partial charge on any atom is 0.164 e. The molecule has 1 heterocycles. The zero-order valence-electron chi connectivity index (χ0n) is 7.52. The molecule has 5 heteroatoms. The molecule has 0 aliphatic heterocycles. The lowest BCUT2D eigenvalue weighted by atomic mass is 10.1. The summed E-state index contributed by atoms with van der Waals surface area (Å²) in [7, 11) is 0. The molecule has 78 valence electrons. The fourth-order valence-electron chi connectivity index (χ4n) is 1.25. The summed E-state index contributed by atoms with van der Waals surface area (Å²) < 4.78 is 26.2. The molecule has 0 amide bonds. The average Bonchev–Trinajstić information content (AvgIpc) is 2.74. The SMILES string of the molecule is OC(c1cncs1)c1cccc(F)c1F. The first-order chi connectivity index (χ1) is 7.20. The first-order valence-electron chi connectivity index (χ1n) is 4.20. The Bertz CT molecular complexity index is 458. The number of hydrogen-bond acceptors (Lipinski definition) is 3. The van der Waals surface area contributed by atoms with Crippen LogP contribution in [0.1, 0.15) is 16.5 Å². The Morgan fingerprint density at radius 1 is 1.33 bits per heavy atom. The Labute approximate surface area is 88.8 Å². The van der Waals surface area contributed by atoms with Crippen molar-refractivity contribution in [3.8, 4) is 0 Å². The standard InChI is InChI=1S/C10H7F2NOS/c11-7-3-1-2-6(9(7)12)10(14)8-4-13-5-15-8/h1-5,10,14H. The van der Waals surface area contributed by atoms with Gasteiger partial charge in [-0.25, -0.2) is 8.78 Å². The van der Waals surface area contributed by atoms with Gasteiger partial charge in [-0.2, -0.15) is 0 Å². The number of hydrogen-bond donors (Lipinski definition) is 1. The Balaban J connectivity index is 2.42. The molecule has 1 aromatic heterocycles. The van der Waals surface area contributed by atoms with Crippen LogP contribution < -0.4 is 0 Å². The molecule has 1 atom stereocenters. The van der Waals surface area contributed by atoms with Gasteiger partial charge in [-0.1, -0.05) is 12.1 Å². The Hall–Kier alpha value is -1.33. The molecule has 2 nitrogen and oxygen atoms in total. The molecule has 0 aliphatic carbocycles. The highest BCUT2D eigenvalue weighted by atomic mass is 32.1. The first-order valence-corrected chi connectivity index (χ1v) is 5.08. The van der Waals surface area contributed by atoms with Crippen molar-refractivity contribution in [1.29, 1.82) is 0 Å². The second kappa shape index (κ2) is 4.04. The van der Waals surface area contributed by atoms with Gasteiger partial charge in [0.2, 0.25) is 0 Å². The van der Waals surface area contributed by atoms with Crippen molar-refractivity contribution in [3.05, 3.63) is 52.0 Å². The minimum Gasteiger partial charge on any atom is -0.383 e. The molecular formula is C10H7F2NOS. The number of halogens is 2. The van der Waals surface area contributed by atoms with E-state index in [4.69, 9.17) is 0 Å². The van der Waals surface area contributed by atoms with Crippen molar-refractivity contribution >= 4 is 11.3 Å². The predicted molar refractivity (Wildman–Crippen MR) is 52.5 cm³/mol. The maximum absolute atomic E-state index is 13.3. The van der Waals surface area contributed by atoms with Gasteiger partial charge in [0.15, 0.2) is 11.6 Å². The normalized spacial score (nSPS) is 12.7. The van der Waals surface area contributed by atoms with Crippen LogP contribution >= 0.6 is 11.3 Å². The van der Waals surface area contributed by atoms with Gasteiger partial charge >= 0.3 is 0 Å². The summed E-state index contributed by atoms with van der Waals surface area (Å²) in [5, 5.41) is 9.75. The third-order valence-corrected chi connectivity index (χ3v) is 2.82. The van der Waals surface area contributed by atoms with E-state index < -0.39 is 17.7 Å². The second-order valence-corrected chi connectivity index (χ2v) is 3.87. The van der Waals surface area contributed by atoms with Crippen LogP contribution in [0, 0.1) is 11.6 Å². The molecule has 1 aromatic carbocycles. The summed E-state index contributed by atoms with van der Waals surface area (Å²) in [4.78, 5) is 4.25. The van der Waals surface area contributed by atoms with Gasteiger partial charge in [0.05, 0.1) is 10.4 Å². The van der Waals surface area contributed by atoms with E-state index in [1.165, 1.54) is 35.2 Å². The largest absolute Gasteiger partial charge is 0.383 e. The van der Waals surface area contributed by atoms with Gasteiger partial charge in [0.25, 0.3) is 0 Å². The van der Waals surface area contributed by atoms with Gasteiger partial charge < -0.3 is 5.11 Å². The van der Waals surface area contributed by atoms with Crippen LogP contribution in [0.15, 0.2) is 29.9 Å². The van der Waals surface area contributed by atoms with Crippen molar-refractivity contribution in [3.63, 3.8) is 0 Å². The number of benzene rings is 1. The van der Waals surface area contributed by atoms with E-state index in [1.807, 2.05) is 0 Å². The van der Waals surface area contributed by atoms with Crippen LogP contribution in [0.4, 0.5) is 8.78 Å². The average molecular weight is 227 g/mol. The molecule has 0 radical (unpaired) electrons. The first kappa shape index (κ1) is 10.2. The van der Waals surface area contributed by atoms with Crippen molar-refractivity contribution < 1.29 is 13.9 Å². The lowest BCUT2D eigenvalue weighted by molar-refractivity contribution is 0.217. The highest BCUT2D eigenvalue weighted by Gasteiger charge is 2.18. The molecule has 15 heavy (non-hydrogen) atoms. The number of aliphatic hydroxyl groups excluding tert-OH is 1. The summed E-state index contributed by atoms with van der Waals surface area (Å²) in [5.74, 6) is -1.98. The van der Waals surface area contributed by atoms with Crippen LogP contribution in [0.25, 0.3) is 0 Å². The van der Waals surface area contributed by atoms with E-state index >= 15 is 0 Å². The van der Waals surface area contributed by atoms with Crippen LogP contribution in [-0.4, -0.2) is 10.1 Å². The van der Waals surface area contributed by atoms with E-state index in [2.05, 4.69) is 4.98 Å². The lowest BCUT2D eigenvalue weighted by Crippen LogP contribution is -2.02. The van der Waals surface area contributed by atoms with Crippen LogP contribution in [0.2, 0.25) is 0 Å². The van der Waals surface area contributed by atoms with Crippen molar-refractivity contribution in [2.24, 2.45) is 0 Å². The number of aliphatic hydroxyl groups is 1. The van der Waals surface area contributed by atoms with Crippen LogP contribution in [-0.2, 0) is 0 Å². The van der Waals surface area contributed by atoms with Gasteiger partial charge in [-0.3, -0.25) is 4.98 Å². The minimum absolute atomic E-state index is 0.0701. The third-order valence-electron chi connectivity index (χ3n) is 2.00. The van der Waals surface area contributed by atoms with E-state index in [-0.39, 0.29) is 5.56 Å². The molecule has 1 unspecified atom stereocenters. The van der Waals surface area contributed by atoms with Crippen molar-refractivity contribution in [2.45, 2.75) is 6.10 Å². The topological polar surface area (TPSA) is 33.1 Å². The van der Waals surface area contributed by atoms with Gasteiger partial charge in [0, 0.05) is 11.8 Å². The zero-order valence-corrected chi connectivity index (χ0v) is 8.34. The molecule has 0 saturated carbocycles. The maximum atomic E-state index is 13.3. The van der Waals surface area contributed by atoms with E-state index in [0.29, 0.717) is 4.88 Å². The van der Waals surface area contributed by atoms with E-state index in [1.54, 1.807) is 0 Å². The second-order valence-electron chi connectivity index (χ2n) is 2.95. The van der Waals surface area contributed by atoms with Gasteiger partial charge in [0.1, 0.15) is 6.10 Å². The number of nitrogens with zero attached hydrogens (tertiary/aromatic N) is 1. The number of thiazole rings is 1. The van der Waals surface area contributed by atoms with Crippen molar-refractivity contribution in [1.82, 2.24) is 4.98 Å². The Morgan fingerprint density at radius 2 is 2.13 bits per heavy atom. The monoisotopic (exact) mass is 227 g/mol. The molecule has 0 fully saturated rings. The van der Waals surface area contributed by atoms with Gasteiger partial charge in [-0.05, 0) is 6.07 Å². The van der Waals surface area contributed by atoms with Crippen LogP contribution in [0.5, 0.6) is 0 Å². The third kappa shape index (κ3) is 1.88. The summed E-state index contributed by atoms with van der Waals surface area (Å²) in [6, 6.07) is 3.72. The molecule has 0 aliphatic rings. The molecule has 0 saturated heterocycles. The van der Waals surface area contributed by atoms with E-state index in [0.717, 1.165) is 6.07 Å². The van der Waals surface area contributed by atoms with Crippen LogP contribution in [0.3, 0.4) is 0 Å². The highest BCUT2D eigenvalue weighted by Crippen LogP contribution is 2.27. The zero-order chi connectivity index (χ0) is 10.8. The minimum atomic E-state index is -1.16. The number of aromatic nitrogens is 1. The summed E-state index contributed by atoms with van der Waals surface area (Å²) in [6.07, 6.45) is 0.271. The summed E-state index contributed by atoms with van der Waals surface area (Å²) >= 11 is 1.19. The fourth-order valence-corrected chi connectivity index (χ4v) is 1.87. The summed E-state index contributed by atoms with van der Waals surface area (Å²) in [5.41, 5.74) is 1.45. The highest BCUT2D eigenvalue weighted by molar-refractivity contribution is 7.09. The molecule has 2 rings (SSSR count). The number of rotatable bonds is 2. The molecule has 1 N–H and O–H groups in total.